The molecule has 48 heavy (non-hydrogen) atoms. The van der Waals surface area contributed by atoms with Crippen molar-refractivity contribution in [3.05, 3.63) is 59.4 Å². The highest BCUT2D eigenvalue weighted by Crippen LogP contribution is 2.66. The standard InChI is InChI=1S/C34H33Cl2FN2O9/c1-47-23-14-17(15-24(48-2)28(23)42)27-20-11-12-21-26(30(44)38(29(21)43)13-5-3-4-6-25(40)41)22(20)16-33(35)31(45)39(32(46)34(27,33)36)19-9-7-18(37)8-10-19/h7-11,14-15,21-22,26-27,42H,3-6,12-13,16H2,1-2H3,(H,40,41). The number of benzene rings is 2. The molecule has 4 aliphatic rings. The summed E-state index contributed by atoms with van der Waals surface area (Å²) < 4.78 is 24.7. The summed E-state index contributed by atoms with van der Waals surface area (Å²) in [6.07, 6.45) is 3.01. The van der Waals surface area contributed by atoms with E-state index < -0.39 is 62.9 Å². The number of carboxylic acid groups (broad SMARTS) is 1. The van der Waals surface area contributed by atoms with Crippen LogP contribution in [0, 0.1) is 23.6 Å². The zero-order valence-corrected chi connectivity index (χ0v) is 27.6. The number of methoxy groups -OCH3 is 2. The van der Waals surface area contributed by atoms with E-state index in [2.05, 4.69) is 0 Å². The molecule has 1 saturated carbocycles. The van der Waals surface area contributed by atoms with Gasteiger partial charge in [0.1, 0.15) is 5.82 Å². The largest absolute Gasteiger partial charge is 0.502 e. The van der Waals surface area contributed by atoms with Gasteiger partial charge in [0.15, 0.2) is 21.2 Å². The average molecular weight is 704 g/mol. The monoisotopic (exact) mass is 702 g/mol. The van der Waals surface area contributed by atoms with Crippen molar-refractivity contribution in [3.63, 3.8) is 0 Å². The Hall–Kier alpha value is -4.16. The molecule has 6 rings (SSSR count). The van der Waals surface area contributed by atoms with Crippen molar-refractivity contribution in [2.24, 2.45) is 17.8 Å². The van der Waals surface area contributed by atoms with Crippen molar-refractivity contribution in [2.45, 2.75) is 54.2 Å². The third-order valence-corrected chi connectivity index (χ3v) is 11.5. The number of carboxylic acids is 1. The van der Waals surface area contributed by atoms with Crippen LogP contribution < -0.4 is 14.4 Å². The van der Waals surface area contributed by atoms with Gasteiger partial charge in [-0.25, -0.2) is 9.29 Å². The lowest BCUT2D eigenvalue weighted by molar-refractivity contribution is -0.141. The second-order valence-electron chi connectivity index (χ2n) is 12.6. The molecule has 6 atom stereocenters. The number of carbonyl (C=O) groups excluding carboxylic acids is 4. The molecule has 0 radical (unpaired) electrons. The maximum atomic E-state index is 14.5. The Bertz CT molecular complexity index is 1730. The molecule has 14 heteroatoms. The van der Waals surface area contributed by atoms with Gasteiger partial charge < -0.3 is 19.7 Å². The molecule has 2 N–H and O–H groups in total. The van der Waals surface area contributed by atoms with Gasteiger partial charge in [0, 0.05) is 18.9 Å². The Labute approximate surface area is 285 Å². The minimum absolute atomic E-state index is 0.00504. The summed E-state index contributed by atoms with van der Waals surface area (Å²) in [6, 6.07) is 7.64. The molecule has 2 aliphatic heterocycles. The molecule has 2 saturated heterocycles. The van der Waals surface area contributed by atoms with Crippen LogP contribution in [-0.2, 0) is 24.0 Å². The van der Waals surface area contributed by atoms with Crippen molar-refractivity contribution in [2.75, 3.05) is 25.7 Å². The minimum Gasteiger partial charge on any atom is -0.502 e. The van der Waals surface area contributed by atoms with Crippen molar-refractivity contribution in [3.8, 4) is 17.2 Å². The van der Waals surface area contributed by atoms with Crippen LogP contribution in [0.3, 0.4) is 0 Å². The van der Waals surface area contributed by atoms with Crippen LogP contribution in [0.2, 0.25) is 0 Å². The Balaban J connectivity index is 1.46. The molecule has 6 unspecified atom stereocenters. The third kappa shape index (κ3) is 4.94. The first-order valence-electron chi connectivity index (χ1n) is 15.5. The molecule has 2 aliphatic carbocycles. The van der Waals surface area contributed by atoms with E-state index in [0.717, 1.165) is 17.0 Å². The van der Waals surface area contributed by atoms with Crippen molar-refractivity contribution in [1.82, 2.24) is 4.90 Å². The summed E-state index contributed by atoms with van der Waals surface area (Å²) in [6.45, 7) is 0.114. The normalized spacial score (nSPS) is 29.4. The Kier molecular flexibility index (Phi) is 8.70. The van der Waals surface area contributed by atoms with Crippen LogP contribution >= 0.6 is 23.2 Å². The lowest BCUT2D eigenvalue weighted by Gasteiger charge is -2.50. The number of anilines is 1. The number of unbranched alkanes of at least 4 members (excludes halogenated alkanes) is 2. The fourth-order valence-corrected chi connectivity index (χ4v) is 8.80. The van der Waals surface area contributed by atoms with E-state index in [1.165, 1.54) is 43.4 Å². The lowest BCUT2D eigenvalue weighted by atomic mass is 9.56. The van der Waals surface area contributed by atoms with Crippen molar-refractivity contribution >= 4 is 58.5 Å². The van der Waals surface area contributed by atoms with Crippen LogP contribution in [0.5, 0.6) is 17.2 Å². The molecule has 2 aromatic carbocycles. The SMILES string of the molecule is COc1cc(C2C3=CCC4C(=O)N(CCCCCC(=O)O)C(=O)C4C3CC3(Cl)C(=O)N(c4ccc(F)cc4)C(=O)C23Cl)cc(OC)c1O. The molecule has 0 spiro atoms. The quantitative estimate of drug-likeness (QED) is 0.155. The smallest absolute Gasteiger partial charge is 0.303 e. The number of phenols is 1. The van der Waals surface area contributed by atoms with E-state index in [0.29, 0.717) is 30.4 Å². The second-order valence-corrected chi connectivity index (χ2v) is 13.8. The Morgan fingerprint density at radius 1 is 0.958 bits per heavy atom. The number of aliphatic carboxylic acids is 1. The molecule has 0 bridgehead atoms. The summed E-state index contributed by atoms with van der Waals surface area (Å²) in [5.41, 5.74) is 0.894. The number of likely N-dealkylation sites (tertiary alicyclic amines) is 1. The maximum absolute atomic E-state index is 14.5. The highest BCUT2D eigenvalue weighted by molar-refractivity contribution is 6.58. The second kappa shape index (κ2) is 12.4. The average Bonchev–Trinajstić information content (AvgIpc) is 3.38. The fraction of sp³-hybridized carbons (Fsp3) is 0.441. The molecule has 2 heterocycles. The molecule has 11 nitrogen and oxygen atoms in total. The van der Waals surface area contributed by atoms with Crippen LogP contribution in [-0.4, -0.2) is 75.2 Å². The van der Waals surface area contributed by atoms with E-state index in [9.17, 15) is 33.5 Å². The number of halogens is 3. The highest BCUT2D eigenvalue weighted by Gasteiger charge is 2.76. The van der Waals surface area contributed by atoms with Gasteiger partial charge in [0.25, 0.3) is 11.8 Å². The number of alkyl halides is 2. The van der Waals surface area contributed by atoms with E-state index >= 15 is 0 Å². The number of imide groups is 2. The first kappa shape index (κ1) is 33.7. The number of carbonyl (C=O) groups is 5. The highest BCUT2D eigenvalue weighted by atomic mass is 35.5. The molecule has 2 aromatic rings. The van der Waals surface area contributed by atoms with Gasteiger partial charge in [-0.2, -0.15) is 0 Å². The van der Waals surface area contributed by atoms with E-state index in [-0.39, 0.29) is 54.7 Å². The summed E-state index contributed by atoms with van der Waals surface area (Å²) in [5.74, 6) is -7.94. The predicted molar refractivity (Wildman–Crippen MR) is 171 cm³/mol. The van der Waals surface area contributed by atoms with Gasteiger partial charge in [-0.05, 0) is 73.6 Å². The topological polar surface area (TPSA) is 151 Å². The molecular formula is C34H33Cl2FN2O9. The van der Waals surface area contributed by atoms with E-state index in [1.807, 2.05) is 0 Å². The Morgan fingerprint density at radius 3 is 2.21 bits per heavy atom. The number of phenolic OH excluding ortho intramolecular Hbond substituents is 1. The first-order valence-corrected chi connectivity index (χ1v) is 16.3. The fourth-order valence-electron chi connectivity index (χ4n) is 7.86. The van der Waals surface area contributed by atoms with Crippen LogP contribution in [0.25, 0.3) is 0 Å². The van der Waals surface area contributed by atoms with Crippen LogP contribution in [0.4, 0.5) is 10.1 Å². The molecular weight excluding hydrogens is 670 g/mol. The lowest BCUT2D eigenvalue weighted by Crippen LogP contribution is -2.60. The van der Waals surface area contributed by atoms with Gasteiger partial charge in [-0.15, -0.1) is 23.2 Å². The number of nitrogens with zero attached hydrogens (tertiary/aromatic N) is 2. The number of ether oxygens (including phenoxy) is 2. The minimum atomic E-state index is -2.17. The molecule has 4 amide bonds. The first-order chi connectivity index (χ1) is 22.8. The summed E-state index contributed by atoms with van der Waals surface area (Å²) in [7, 11) is 2.66. The number of rotatable bonds is 10. The van der Waals surface area contributed by atoms with Gasteiger partial charge in [-0.1, -0.05) is 18.1 Å². The van der Waals surface area contributed by atoms with E-state index in [1.54, 1.807) is 6.08 Å². The zero-order chi connectivity index (χ0) is 34.7. The summed E-state index contributed by atoms with van der Waals surface area (Å²) in [5, 5.41) is 19.6. The number of amides is 4. The molecule has 254 valence electrons. The van der Waals surface area contributed by atoms with Crippen LogP contribution in [0.15, 0.2) is 48.0 Å². The van der Waals surface area contributed by atoms with Gasteiger partial charge in [0.05, 0.1) is 31.7 Å². The van der Waals surface area contributed by atoms with Crippen molar-refractivity contribution < 1.29 is 48.0 Å². The molecule has 3 fully saturated rings. The third-order valence-electron chi connectivity index (χ3n) is 10.1. The number of fused-ring (bicyclic) bond motifs is 4. The maximum Gasteiger partial charge on any atom is 0.303 e. The van der Waals surface area contributed by atoms with Gasteiger partial charge >= 0.3 is 5.97 Å². The number of allylic oxidation sites excluding steroid dienone is 2. The van der Waals surface area contributed by atoms with Gasteiger partial charge in [-0.3, -0.25) is 28.9 Å². The number of aromatic hydroxyl groups is 1. The predicted octanol–water partition coefficient (Wildman–Crippen LogP) is 4.76. The summed E-state index contributed by atoms with van der Waals surface area (Å²) >= 11 is 14.8. The van der Waals surface area contributed by atoms with E-state index in [4.69, 9.17) is 37.8 Å². The number of hydrogen-bond donors (Lipinski definition) is 2. The van der Waals surface area contributed by atoms with Crippen LogP contribution in [0.1, 0.15) is 50.0 Å². The molecule has 0 aromatic heterocycles. The zero-order valence-electron chi connectivity index (χ0n) is 26.1. The summed E-state index contributed by atoms with van der Waals surface area (Å²) in [4.78, 5) is 65.1. The van der Waals surface area contributed by atoms with Gasteiger partial charge in [0.2, 0.25) is 17.6 Å². The Morgan fingerprint density at radius 2 is 1.60 bits per heavy atom. The number of hydrogen-bond acceptors (Lipinski definition) is 8. The van der Waals surface area contributed by atoms with Crippen molar-refractivity contribution in [1.29, 1.82) is 0 Å².